The number of nitrogens with zero attached hydrogens (tertiary/aromatic N) is 2. The van der Waals surface area contributed by atoms with Gasteiger partial charge in [-0.25, -0.2) is 12.8 Å². The molecule has 10 heteroatoms. The topological polar surface area (TPSA) is 86.8 Å². The fourth-order valence-electron chi connectivity index (χ4n) is 4.78. The van der Waals surface area contributed by atoms with Gasteiger partial charge in [0.05, 0.1) is 10.6 Å². The van der Waals surface area contributed by atoms with E-state index in [2.05, 4.69) is 5.32 Å². The summed E-state index contributed by atoms with van der Waals surface area (Å²) in [5.41, 5.74) is 2.58. The molecule has 0 aliphatic heterocycles. The second kappa shape index (κ2) is 15.2. The van der Waals surface area contributed by atoms with Crippen molar-refractivity contribution in [1.29, 1.82) is 0 Å². The molecule has 0 bridgehead atoms. The van der Waals surface area contributed by atoms with E-state index >= 15 is 0 Å². The number of rotatable bonds is 13. The zero-order valence-electron chi connectivity index (χ0n) is 25.5. The van der Waals surface area contributed by atoms with Crippen molar-refractivity contribution in [3.05, 3.63) is 131 Å². The number of halogens is 2. The van der Waals surface area contributed by atoms with Gasteiger partial charge < -0.3 is 10.2 Å². The lowest BCUT2D eigenvalue weighted by atomic mass is 10.0. The normalized spacial score (nSPS) is 12.6. The minimum absolute atomic E-state index is 0.0394. The van der Waals surface area contributed by atoms with Gasteiger partial charge in [0.15, 0.2) is 0 Å². The number of nitrogens with one attached hydrogen (secondary N) is 1. The minimum Gasteiger partial charge on any atom is -0.352 e. The van der Waals surface area contributed by atoms with Gasteiger partial charge >= 0.3 is 0 Å². The number of anilines is 1. The highest BCUT2D eigenvalue weighted by Gasteiger charge is 2.35. The van der Waals surface area contributed by atoms with Crippen LogP contribution in [0.1, 0.15) is 37.0 Å². The number of carbonyl (C=O) groups excluding carboxylic acids is 2. The Bertz CT molecular complexity index is 1700. The molecule has 2 amide bonds. The molecule has 2 unspecified atom stereocenters. The van der Waals surface area contributed by atoms with Crippen LogP contribution in [0.25, 0.3) is 0 Å². The number of benzene rings is 4. The molecule has 4 rings (SSSR count). The summed E-state index contributed by atoms with van der Waals surface area (Å²) >= 11 is 6.53. The molecule has 0 aromatic heterocycles. The average Bonchev–Trinajstić information content (AvgIpc) is 3.03. The summed E-state index contributed by atoms with van der Waals surface area (Å²) in [6.07, 6.45) is 0.869. The van der Waals surface area contributed by atoms with Gasteiger partial charge in [-0.2, -0.15) is 0 Å². The molecule has 45 heavy (non-hydrogen) atoms. The van der Waals surface area contributed by atoms with Gasteiger partial charge in [-0.3, -0.25) is 13.9 Å². The highest BCUT2D eigenvalue weighted by atomic mass is 35.5. The SMILES string of the molecule is CCC(C)NC(=O)C(Cc1ccccc1)N(Cc1ccccc1Cl)C(=O)CN(c1ccc(C)cc1)S(=O)(=O)c1ccc(F)cc1. The highest BCUT2D eigenvalue weighted by Crippen LogP contribution is 2.26. The molecular weight excluding hydrogens is 613 g/mol. The first-order valence-corrected chi connectivity index (χ1v) is 16.5. The minimum atomic E-state index is -4.33. The molecule has 2 atom stereocenters. The number of hydrogen-bond donors (Lipinski definition) is 1. The van der Waals surface area contributed by atoms with Crippen LogP contribution < -0.4 is 9.62 Å². The van der Waals surface area contributed by atoms with Crippen molar-refractivity contribution >= 4 is 39.1 Å². The van der Waals surface area contributed by atoms with Crippen LogP contribution in [0, 0.1) is 12.7 Å². The fourth-order valence-corrected chi connectivity index (χ4v) is 6.39. The van der Waals surface area contributed by atoms with Gasteiger partial charge in [-0.15, -0.1) is 0 Å². The molecule has 236 valence electrons. The Kier molecular flexibility index (Phi) is 11.4. The zero-order chi connectivity index (χ0) is 32.6. The lowest BCUT2D eigenvalue weighted by Crippen LogP contribution is -2.54. The molecule has 0 saturated carbocycles. The first-order valence-electron chi connectivity index (χ1n) is 14.7. The molecule has 0 aliphatic rings. The number of hydrogen-bond acceptors (Lipinski definition) is 4. The molecule has 0 heterocycles. The molecule has 7 nitrogen and oxygen atoms in total. The van der Waals surface area contributed by atoms with Crippen molar-refractivity contribution < 1.29 is 22.4 Å². The third kappa shape index (κ3) is 8.71. The average molecular weight is 650 g/mol. The smallest absolute Gasteiger partial charge is 0.264 e. The van der Waals surface area contributed by atoms with E-state index in [1.807, 2.05) is 51.1 Å². The molecule has 0 radical (unpaired) electrons. The van der Waals surface area contributed by atoms with Crippen molar-refractivity contribution in [1.82, 2.24) is 10.2 Å². The van der Waals surface area contributed by atoms with Crippen LogP contribution in [0.5, 0.6) is 0 Å². The second-order valence-electron chi connectivity index (χ2n) is 10.9. The maximum atomic E-state index is 14.5. The van der Waals surface area contributed by atoms with Crippen LogP contribution in [0.3, 0.4) is 0 Å². The Balaban J connectivity index is 1.81. The Hall–Kier alpha value is -4.21. The third-order valence-corrected chi connectivity index (χ3v) is 9.73. The van der Waals surface area contributed by atoms with Crippen molar-refractivity contribution in [2.75, 3.05) is 10.8 Å². The summed E-state index contributed by atoms with van der Waals surface area (Å²) in [4.78, 5) is 29.6. The Morgan fingerprint density at radius 3 is 2.13 bits per heavy atom. The van der Waals surface area contributed by atoms with E-state index in [0.717, 1.165) is 39.7 Å². The summed E-state index contributed by atoms with van der Waals surface area (Å²) in [6, 6.07) is 26.3. The Morgan fingerprint density at radius 1 is 0.889 bits per heavy atom. The van der Waals surface area contributed by atoms with E-state index < -0.39 is 34.3 Å². The zero-order valence-corrected chi connectivity index (χ0v) is 27.1. The number of amides is 2. The highest BCUT2D eigenvalue weighted by molar-refractivity contribution is 7.92. The van der Waals surface area contributed by atoms with E-state index in [-0.39, 0.29) is 35.5 Å². The van der Waals surface area contributed by atoms with Crippen molar-refractivity contribution in [3.8, 4) is 0 Å². The van der Waals surface area contributed by atoms with Gasteiger partial charge in [0, 0.05) is 24.0 Å². The Morgan fingerprint density at radius 2 is 1.51 bits per heavy atom. The van der Waals surface area contributed by atoms with E-state index in [1.165, 1.54) is 4.90 Å². The monoisotopic (exact) mass is 649 g/mol. The largest absolute Gasteiger partial charge is 0.352 e. The lowest BCUT2D eigenvalue weighted by molar-refractivity contribution is -0.140. The standard InChI is InChI=1S/C35H37ClFN3O4S/c1-4-26(3)38-35(42)33(22-27-10-6-5-7-11-27)39(23-28-12-8-9-13-32(28)36)34(41)24-40(30-18-14-25(2)15-19-30)45(43,44)31-20-16-29(37)17-21-31/h5-21,26,33H,4,22-24H2,1-3H3,(H,38,42). The van der Waals surface area contributed by atoms with Crippen molar-refractivity contribution in [3.63, 3.8) is 0 Å². The van der Waals surface area contributed by atoms with Crippen LogP contribution in [-0.2, 0) is 32.6 Å². The predicted octanol–water partition coefficient (Wildman–Crippen LogP) is 6.54. The van der Waals surface area contributed by atoms with Gasteiger partial charge in [-0.1, -0.05) is 84.8 Å². The summed E-state index contributed by atoms with van der Waals surface area (Å²) in [5.74, 6) is -1.56. The molecule has 0 fully saturated rings. The molecule has 1 N–H and O–H groups in total. The summed E-state index contributed by atoms with van der Waals surface area (Å²) in [5, 5.41) is 3.41. The van der Waals surface area contributed by atoms with E-state index in [4.69, 9.17) is 11.6 Å². The van der Waals surface area contributed by atoms with Gasteiger partial charge in [0.2, 0.25) is 11.8 Å². The summed E-state index contributed by atoms with van der Waals surface area (Å²) < 4.78 is 42.8. The molecule has 0 aliphatic carbocycles. The molecule has 0 spiro atoms. The van der Waals surface area contributed by atoms with Crippen LogP contribution in [0.2, 0.25) is 5.02 Å². The van der Waals surface area contributed by atoms with Crippen molar-refractivity contribution in [2.24, 2.45) is 0 Å². The first-order chi connectivity index (χ1) is 21.5. The second-order valence-corrected chi connectivity index (χ2v) is 13.2. The quantitative estimate of drug-likeness (QED) is 0.178. The first kappa shape index (κ1) is 33.7. The number of sulfonamides is 1. The van der Waals surface area contributed by atoms with Gasteiger partial charge in [0.1, 0.15) is 18.4 Å². The summed E-state index contributed by atoms with van der Waals surface area (Å²) in [7, 11) is -4.33. The summed E-state index contributed by atoms with van der Waals surface area (Å²) in [6.45, 7) is 5.04. The maximum Gasteiger partial charge on any atom is 0.264 e. The third-order valence-electron chi connectivity index (χ3n) is 7.57. The number of aryl methyl sites for hydroxylation is 1. The van der Waals surface area contributed by atoms with Crippen molar-refractivity contribution in [2.45, 2.75) is 57.1 Å². The molecule has 4 aromatic carbocycles. The van der Waals surface area contributed by atoms with E-state index in [0.29, 0.717) is 17.0 Å². The van der Waals surface area contributed by atoms with Gasteiger partial charge in [-0.05, 0) is 73.9 Å². The fraction of sp³-hybridized carbons (Fsp3) is 0.257. The molecule has 4 aromatic rings. The van der Waals surface area contributed by atoms with Crippen LogP contribution in [-0.4, -0.2) is 43.8 Å². The lowest BCUT2D eigenvalue weighted by Gasteiger charge is -2.34. The van der Waals surface area contributed by atoms with Crippen LogP contribution in [0.15, 0.2) is 108 Å². The maximum absolute atomic E-state index is 14.5. The molecular formula is C35H37ClFN3O4S. The number of carbonyl (C=O) groups is 2. The van der Waals surface area contributed by atoms with Crippen LogP contribution in [0.4, 0.5) is 10.1 Å². The van der Waals surface area contributed by atoms with Gasteiger partial charge in [0.25, 0.3) is 10.0 Å². The van der Waals surface area contributed by atoms with Crippen LogP contribution >= 0.6 is 11.6 Å². The van der Waals surface area contributed by atoms with E-state index in [9.17, 15) is 22.4 Å². The predicted molar refractivity (Wildman–Crippen MR) is 176 cm³/mol. The van der Waals surface area contributed by atoms with E-state index in [1.54, 1.807) is 48.5 Å². The Labute approximate surface area is 269 Å². The molecule has 0 saturated heterocycles.